The summed E-state index contributed by atoms with van der Waals surface area (Å²) in [5, 5.41) is 9.11. The van der Waals surface area contributed by atoms with Gasteiger partial charge in [0.1, 0.15) is 0 Å². The summed E-state index contributed by atoms with van der Waals surface area (Å²) in [5.41, 5.74) is 2.61. The van der Waals surface area contributed by atoms with Gasteiger partial charge in [-0.15, -0.1) is 0 Å². The monoisotopic (exact) mass is 247 g/mol. The van der Waals surface area contributed by atoms with Gasteiger partial charge in [-0.05, 0) is 23.5 Å². The minimum atomic E-state index is -0.661. The third kappa shape index (κ3) is 2.91. The lowest BCUT2D eigenvalue weighted by molar-refractivity contribution is -0.142. The minimum absolute atomic E-state index is 0.208. The van der Waals surface area contributed by atoms with Gasteiger partial charge in [-0.1, -0.05) is 38.1 Å². The van der Waals surface area contributed by atoms with Gasteiger partial charge in [0.2, 0.25) is 0 Å². The molecule has 1 saturated heterocycles. The van der Waals surface area contributed by atoms with Gasteiger partial charge in [-0.3, -0.25) is 9.69 Å². The maximum absolute atomic E-state index is 11.1. The highest BCUT2D eigenvalue weighted by Gasteiger charge is 2.34. The Kier molecular flexibility index (Phi) is 4.02. The number of hydrogen-bond donors (Lipinski definition) is 1. The fourth-order valence-corrected chi connectivity index (χ4v) is 2.66. The van der Waals surface area contributed by atoms with E-state index in [1.54, 1.807) is 0 Å². The number of benzene rings is 1. The Hall–Kier alpha value is -1.35. The molecule has 3 nitrogen and oxygen atoms in total. The van der Waals surface area contributed by atoms with E-state index in [4.69, 9.17) is 5.11 Å². The van der Waals surface area contributed by atoms with Crippen LogP contribution < -0.4 is 0 Å². The van der Waals surface area contributed by atoms with Crippen molar-refractivity contribution in [3.05, 3.63) is 35.4 Å². The molecule has 1 aromatic carbocycles. The molecule has 18 heavy (non-hydrogen) atoms. The molecule has 1 N–H and O–H groups in total. The zero-order valence-electron chi connectivity index (χ0n) is 11.1. The van der Waals surface area contributed by atoms with E-state index in [1.165, 1.54) is 11.1 Å². The highest BCUT2D eigenvalue weighted by Crippen LogP contribution is 2.24. The fraction of sp³-hybridized carbons (Fsp3) is 0.533. The van der Waals surface area contributed by atoms with Crippen molar-refractivity contribution >= 4 is 5.97 Å². The zero-order chi connectivity index (χ0) is 13.1. The predicted octanol–water partition coefficient (Wildman–Crippen LogP) is 2.40. The fourth-order valence-electron chi connectivity index (χ4n) is 2.66. The van der Waals surface area contributed by atoms with Gasteiger partial charge in [0, 0.05) is 19.6 Å². The molecule has 98 valence electrons. The van der Waals surface area contributed by atoms with Crippen LogP contribution in [0.4, 0.5) is 0 Å². The van der Waals surface area contributed by atoms with Gasteiger partial charge in [0.15, 0.2) is 0 Å². The van der Waals surface area contributed by atoms with E-state index in [9.17, 15) is 4.79 Å². The molecule has 2 unspecified atom stereocenters. The van der Waals surface area contributed by atoms with Crippen molar-refractivity contribution in [3.63, 3.8) is 0 Å². The number of carboxylic acid groups (broad SMARTS) is 1. The van der Waals surface area contributed by atoms with E-state index in [0.717, 1.165) is 19.5 Å². The zero-order valence-corrected chi connectivity index (χ0v) is 11.1. The van der Waals surface area contributed by atoms with Crippen LogP contribution >= 0.6 is 0 Å². The van der Waals surface area contributed by atoms with Crippen LogP contribution in [-0.4, -0.2) is 29.1 Å². The number of hydrogen-bond acceptors (Lipinski definition) is 2. The first kappa shape index (κ1) is 13.1. The van der Waals surface area contributed by atoms with Crippen molar-refractivity contribution < 1.29 is 9.90 Å². The SMILES string of the molecule is CCc1ccc(CN2CC(C)C(C(=O)O)C2)cc1. The van der Waals surface area contributed by atoms with Crippen LogP contribution in [0.3, 0.4) is 0 Å². The molecule has 0 bridgehead atoms. The molecule has 0 aromatic heterocycles. The molecule has 1 aliphatic rings. The highest BCUT2D eigenvalue weighted by molar-refractivity contribution is 5.71. The van der Waals surface area contributed by atoms with Crippen molar-refractivity contribution in [2.75, 3.05) is 13.1 Å². The largest absolute Gasteiger partial charge is 0.481 e. The lowest BCUT2D eigenvalue weighted by Gasteiger charge is -2.15. The first-order valence-corrected chi connectivity index (χ1v) is 6.63. The summed E-state index contributed by atoms with van der Waals surface area (Å²) in [7, 11) is 0. The smallest absolute Gasteiger partial charge is 0.308 e. The standard InChI is InChI=1S/C15H21NO2/c1-3-12-4-6-13(7-5-12)9-16-8-11(2)14(10-16)15(17)18/h4-7,11,14H,3,8-10H2,1-2H3,(H,17,18). The van der Waals surface area contributed by atoms with Crippen LogP contribution in [-0.2, 0) is 17.8 Å². The van der Waals surface area contributed by atoms with E-state index in [2.05, 4.69) is 36.1 Å². The van der Waals surface area contributed by atoms with Crippen LogP contribution in [0.15, 0.2) is 24.3 Å². The Bertz CT molecular complexity index is 413. The van der Waals surface area contributed by atoms with Gasteiger partial charge in [0.25, 0.3) is 0 Å². The number of likely N-dealkylation sites (tertiary alicyclic amines) is 1. The number of aliphatic carboxylic acids is 1. The summed E-state index contributed by atoms with van der Waals surface area (Å²) in [6, 6.07) is 8.61. The van der Waals surface area contributed by atoms with Crippen molar-refractivity contribution in [3.8, 4) is 0 Å². The quantitative estimate of drug-likeness (QED) is 0.888. The van der Waals surface area contributed by atoms with Gasteiger partial charge in [-0.2, -0.15) is 0 Å². The lowest BCUT2D eigenvalue weighted by Crippen LogP contribution is -2.23. The Morgan fingerprint density at radius 3 is 2.39 bits per heavy atom. The molecule has 1 aromatic rings. The van der Waals surface area contributed by atoms with Gasteiger partial charge < -0.3 is 5.11 Å². The first-order chi connectivity index (χ1) is 8.60. The summed E-state index contributed by atoms with van der Waals surface area (Å²) >= 11 is 0. The second kappa shape index (κ2) is 5.53. The average molecular weight is 247 g/mol. The van der Waals surface area contributed by atoms with Crippen LogP contribution in [0.1, 0.15) is 25.0 Å². The Labute approximate surface area is 108 Å². The third-order valence-electron chi connectivity index (χ3n) is 3.84. The van der Waals surface area contributed by atoms with Gasteiger partial charge >= 0.3 is 5.97 Å². The predicted molar refractivity (Wildman–Crippen MR) is 71.4 cm³/mol. The normalized spacial score (nSPS) is 24.3. The molecule has 0 radical (unpaired) electrons. The lowest BCUT2D eigenvalue weighted by atomic mass is 9.99. The molecule has 1 aliphatic heterocycles. The van der Waals surface area contributed by atoms with Crippen molar-refractivity contribution in [2.45, 2.75) is 26.8 Å². The second-order valence-corrected chi connectivity index (χ2v) is 5.29. The Morgan fingerprint density at radius 2 is 1.89 bits per heavy atom. The van der Waals surface area contributed by atoms with Crippen LogP contribution in [0.5, 0.6) is 0 Å². The molecule has 1 fully saturated rings. The van der Waals surface area contributed by atoms with Gasteiger partial charge in [-0.25, -0.2) is 0 Å². The van der Waals surface area contributed by atoms with E-state index in [-0.39, 0.29) is 11.8 Å². The van der Waals surface area contributed by atoms with E-state index in [0.29, 0.717) is 6.54 Å². The first-order valence-electron chi connectivity index (χ1n) is 6.63. The molecule has 0 aliphatic carbocycles. The van der Waals surface area contributed by atoms with E-state index in [1.807, 2.05) is 6.92 Å². The minimum Gasteiger partial charge on any atom is -0.481 e. The molecule has 2 rings (SSSR count). The molecule has 2 atom stereocenters. The number of carboxylic acids is 1. The molecule has 3 heteroatoms. The number of nitrogens with zero attached hydrogens (tertiary/aromatic N) is 1. The van der Waals surface area contributed by atoms with Crippen molar-refractivity contribution in [1.29, 1.82) is 0 Å². The number of aryl methyl sites for hydroxylation is 1. The van der Waals surface area contributed by atoms with E-state index >= 15 is 0 Å². The van der Waals surface area contributed by atoms with Crippen LogP contribution in [0, 0.1) is 11.8 Å². The maximum atomic E-state index is 11.1. The summed E-state index contributed by atoms with van der Waals surface area (Å²) in [4.78, 5) is 13.3. The molecule has 0 amide bonds. The van der Waals surface area contributed by atoms with Crippen molar-refractivity contribution in [1.82, 2.24) is 4.90 Å². The third-order valence-corrected chi connectivity index (χ3v) is 3.84. The summed E-state index contributed by atoms with van der Waals surface area (Å²) in [5.74, 6) is -0.622. The molecular weight excluding hydrogens is 226 g/mol. The van der Waals surface area contributed by atoms with Gasteiger partial charge in [0.05, 0.1) is 5.92 Å². The Balaban J connectivity index is 1.96. The van der Waals surface area contributed by atoms with Crippen LogP contribution in [0.25, 0.3) is 0 Å². The summed E-state index contributed by atoms with van der Waals surface area (Å²) in [6.07, 6.45) is 1.06. The molecule has 1 heterocycles. The number of rotatable bonds is 4. The van der Waals surface area contributed by atoms with Crippen LogP contribution in [0.2, 0.25) is 0 Å². The summed E-state index contributed by atoms with van der Waals surface area (Å²) < 4.78 is 0. The molecule has 0 saturated carbocycles. The topological polar surface area (TPSA) is 40.5 Å². The summed E-state index contributed by atoms with van der Waals surface area (Å²) in [6.45, 7) is 6.59. The second-order valence-electron chi connectivity index (χ2n) is 5.29. The maximum Gasteiger partial charge on any atom is 0.308 e. The Morgan fingerprint density at radius 1 is 1.28 bits per heavy atom. The molecule has 0 spiro atoms. The average Bonchev–Trinajstić information content (AvgIpc) is 2.71. The number of carbonyl (C=O) groups is 1. The van der Waals surface area contributed by atoms with E-state index < -0.39 is 5.97 Å². The molecular formula is C15H21NO2. The van der Waals surface area contributed by atoms with Crippen molar-refractivity contribution in [2.24, 2.45) is 11.8 Å². The highest BCUT2D eigenvalue weighted by atomic mass is 16.4.